The highest BCUT2D eigenvalue weighted by Crippen LogP contribution is 2.17. The van der Waals surface area contributed by atoms with Crippen LogP contribution in [0.3, 0.4) is 0 Å². The molecule has 0 aliphatic carbocycles. The van der Waals surface area contributed by atoms with E-state index in [0.717, 1.165) is 0 Å². The van der Waals surface area contributed by atoms with Gasteiger partial charge in [-0.05, 0) is 12.1 Å². The molecule has 2 aromatic heterocycles. The summed E-state index contributed by atoms with van der Waals surface area (Å²) < 4.78 is 0. The third-order valence-electron chi connectivity index (χ3n) is 2.23. The third kappa shape index (κ3) is 2.25. The summed E-state index contributed by atoms with van der Waals surface area (Å²) in [7, 11) is 3.60. The molecule has 17 heavy (non-hydrogen) atoms. The Hall–Kier alpha value is -2.37. The summed E-state index contributed by atoms with van der Waals surface area (Å²) in [5.74, 6) is -0.135. The summed E-state index contributed by atoms with van der Waals surface area (Å²) >= 11 is 0. The Morgan fingerprint density at radius 1 is 1.41 bits per heavy atom. The molecule has 0 aliphatic heterocycles. The predicted molar refractivity (Wildman–Crippen MR) is 63.1 cm³/mol. The van der Waals surface area contributed by atoms with Gasteiger partial charge in [0.15, 0.2) is 11.5 Å². The molecule has 0 aromatic carbocycles. The van der Waals surface area contributed by atoms with Crippen LogP contribution < -0.4 is 4.90 Å². The standard InChI is InChI=1S/C11H12N4O2/c1-15(2)9-6-8(11(16)17)13-10(14-9)7-4-3-5-12-7/h3-6,12H,1-2H3,(H,16,17). The molecular formula is C11H12N4O2. The summed E-state index contributed by atoms with van der Waals surface area (Å²) in [5, 5.41) is 8.99. The number of carbonyl (C=O) groups is 1. The van der Waals surface area contributed by atoms with Crippen molar-refractivity contribution in [1.29, 1.82) is 0 Å². The Morgan fingerprint density at radius 2 is 2.18 bits per heavy atom. The van der Waals surface area contributed by atoms with Crippen LogP contribution in [0.2, 0.25) is 0 Å². The Bertz CT molecular complexity index is 534. The fourth-order valence-electron chi connectivity index (χ4n) is 1.36. The third-order valence-corrected chi connectivity index (χ3v) is 2.23. The Labute approximate surface area is 97.9 Å². The first-order chi connectivity index (χ1) is 8.08. The molecule has 2 rings (SSSR count). The highest BCUT2D eigenvalue weighted by molar-refractivity contribution is 5.86. The van der Waals surface area contributed by atoms with Gasteiger partial charge in [-0.2, -0.15) is 0 Å². The average molecular weight is 232 g/mol. The van der Waals surface area contributed by atoms with Crippen molar-refractivity contribution in [2.24, 2.45) is 0 Å². The maximum Gasteiger partial charge on any atom is 0.354 e. The average Bonchev–Trinajstić information content (AvgIpc) is 2.81. The molecule has 0 bridgehead atoms. The largest absolute Gasteiger partial charge is 0.477 e. The molecule has 0 amide bonds. The smallest absolute Gasteiger partial charge is 0.354 e. The molecule has 0 aliphatic rings. The molecule has 2 N–H and O–H groups in total. The zero-order chi connectivity index (χ0) is 12.4. The molecular weight excluding hydrogens is 220 g/mol. The van der Waals surface area contributed by atoms with Crippen LogP contribution in [0.5, 0.6) is 0 Å². The lowest BCUT2D eigenvalue weighted by Crippen LogP contribution is -2.14. The van der Waals surface area contributed by atoms with Crippen molar-refractivity contribution in [1.82, 2.24) is 15.0 Å². The lowest BCUT2D eigenvalue weighted by molar-refractivity contribution is 0.0690. The Morgan fingerprint density at radius 3 is 2.71 bits per heavy atom. The number of carboxylic acid groups (broad SMARTS) is 1. The van der Waals surface area contributed by atoms with E-state index in [-0.39, 0.29) is 5.69 Å². The van der Waals surface area contributed by atoms with Crippen molar-refractivity contribution in [3.63, 3.8) is 0 Å². The van der Waals surface area contributed by atoms with Gasteiger partial charge in [0.05, 0.1) is 5.69 Å². The minimum Gasteiger partial charge on any atom is -0.477 e. The van der Waals surface area contributed by atoms with E-state index in [4.69, 9.17) is 5.11 Å². The van der Waals surface area contributed by atoms with Crippen molar-refractivity contribution >= 4 is 11.8 Å². The van der Waals surface area contributed by atoms with E-state index < -0.39 is 5.97 Å². The van der Waals surface area contributed by atoms with Gasteiger partial charge >= 0.3 is 5.97 Å². The minimum atomic E-state index is -1.07. The highest BCUT2D eigenvalue weighted by atomic mass is 16.4. The molecule has 6 nitrogen and oxygen atoms in total. The van der Waals surface area contributed by atoms with Crippen LogP contribution in [0.4, 0.5) is 5.82 Å². The van der Waals surface area contributed by atoms with E-state index >= 15 is 0 Å². The first-order valence-electron chi connectivity index (χ1n) is 5.01. The van der Waals surface area contributed by atoms with E-state index in [1.165, 1.54) is 6.07 Å². The topological polar surface area (TPSA) is 82.1 Å². The number of carboxylic acids is 1. The molecule has 2 heterocycles. The number of hydrogen-bond acceptors (Lipinski definition) is 4. The summed E-state index contributed by atoms with van der Waals surface area (Å²) in [4.78, 5) is 23.9. The molecule has 0 saturated heterocycles. The lowest BCUT2D eigenvalue weighted by Gasteiger charge is -2.12. The normalized spacial score (nSPS) is 10.2. The number of aromatic amines is 1. The highest BCUT2D eigenvalue weighted by Gasteiger charge is 2.12. The number of H-pyrrole nitrogens is 1. The van der Waals surface area contributed by atoms with Gasteiger partial charge < -0.3 is 15.0 Å². The van der Waals surface area contributed by atoms with Gasteiger partial charge in [-0.3, -0.25) is 0 Å². The van der Waals surface area contributed by atoms with E-state index in [9.17, 15) is 4.79 Å². The first kappa shape index (κ1) is 11.1. The van der Waals surface area contributed by atoms with E-state index in [1.54, 1.807) is 31.3 Å². The van der Waals surface area contributed by atoms with Gasteiger partial charge in [0, 0.05) is 26.4 Å². The van der Waals surface area contributed by atoms with Crippen LogP contribution in [-0.2, 0) is 0 Å². The van der Waals surface area contributed by atoms with Crippen LogP contribution in [0.15, 0.2) is 24.4 Å². The fourth-order valence-corrected chi connectivity index (χ4v) is 1.36. The molecule has 0 radical (unpaired) electrons. The summed E-state index contributed by atoms with van der Waals surface area (Å²) in [6, 6.07) is 5.04. The zero-order valence-corrected chi connectivity index (χ0v) is 9.51. The van der Waals surface area contributed by atoms with Crippen molar-refractivity contribution < 1.29 is 9.90 Å². The van der Waals surface area contributed by atoms with Gasteiger partial charge in [0.1, 0.15) is 5.82 Å². The molecule has 0 saturated carbocycles. The van der Waals surface area contributed by atoms with E-state index in [1.807, 2.05) is 6.07 Å². The van der Waals surface area contributed by atoms with Gasteiger partial charge in [-0.15, -0.1) is 0 Å². The first-order valence-corrected chi connectivity index (χ1v) is 5.01. The van der Waals surface area contributed by atoms with Gasteiger partial charge in [0.25, 0.3) is 0 Å². The summed E-state index contributed by atoms with van der Waals surface area (Å²) in [6.07, 6.45) is 1.74. The van der Waals surface area contributed by atoms with Crippen LogP contribution in [0.1, 0.15) is 10.5 Å². The van der Waals surface area contributed by atoms with Crippen LogP contribution in [0.25, 0.3) is 11.5 Å². The number of nitrogens with one attached hydrogen (secondary N) is 1. The van der Waals surface area contributed by atoms with Gasteiger partial charge in [-0.25, -0.2) is 14.8 Å². The van der Waals surface area contributed by atoms with Gasteiger partial charge in [0.2, 0.25) is 0 Å². The number of rotatable bonds is 3. The second-order valence-electron chi connectivity index (χ2n) is 3.72. The van der Waals surface area contributed by atoms with Crippen molar-refractivity contribution in [2.75, 3.05) is 19.0 Å². The number of aromatic carboxylic acids is 1. The molecule has 0 atom stereocenters. The number of nitrogens with zero attached hydrogens (tertiary/aromatic N) is 3. The minimum absolute atomic E-state index is 0.0201. The zero-order valence-electron chi connectivity index (χ0n) is 9.51. The fraction of sp³-hybridized carbons (Fsp3) is 0.182. The van der Waals surface area contributed by atoms with Crippen molar-refractivity contribution in [2.45, 2.75) is 0 Å². The molecule has 2 aromatic rings. The second-order valence-corrected chi connectivity index (χ2v) is 3.72. The monoisotopic (exact) mass is 232 g/mol. The van der Waals surface area contributed by atoms with E-state index in [0.29, 0.717) is 17.3 Å². The Balaban J connectivity index is 2.56. The second kappa shape index (κ2) is 4.25. The number of hydrogen-bond donors (Lipinski definition) is 2. The predicted octanol–water partition coefficient (Wildman–Crippen LogP) is 1.24. The quantitative estimate of drug-likeness (QED) is 0.831. The van der Waals surface area contributed by atoms with Gasteiger partial charge in [-0.1, -0.05) is 0 Å². The number of anilines is 1. The number of aromatic nitrogens is 3. The van der Waals surface area contributed by atoms with Crippen LogP contribution in [0, 0.1) is 0 Å². The van der Waals surface area contributed by atoms with Crippen molar-refractivity contribution in [3.8, 4) is 11.5 Å². The maximum absolute atomic E-state index is 11.0. The molecule has 0 spiro atoms. The van der Waals surface area contributed by atoms with Crippen LogP contribution >= 0.6 is 0 Å². The molecule has 0 fully saturated rings. The SMILES string of the molecule is CN(C)c1cc(C(=O)O)nc(-c2ccc[nH]2)n1. The van der Waals surface area contributed by atoms with Crippen LogP contribution in [-0.4, -0.2) is 40.1 Å². The Kier molecular flexibility index (Phi) is 2.78. The summed E-state index contributed by atoms with van der Waals surface area (Å²) in [5.41, 5.74) is 0.671. The summed E-state index contributed by atoms with van der Waals surface area (Å²) in [6.45, 7) is 0. The lowest BCUT2D eigenvalue weighted by atomic mass is 10.3. The molecule has 88 valence electrons. The molecule has 0 unspecified atom stereocenters. The molecule has 6 heteroatoms. The van der Waals surface area contributed by atoms with E-state index in [2.05, 4.69) is 15.0 Å². The van der Waals surface area contributed by atoms with Crippen molar-refractivity contribution in [3.05, 3.63) is 30.1 Å². The maximum atomic E-state index is 11.0.